The second-order valence-corrected chi connectivity index (χ2v) is 6.61. The molecule has 0 saturated carbocycles. The van der Waals surface area contributed by atoms with Crippen molar-refractivity contribution < 1.29 is 22.8 Å². The Morgan fingerprint density at radius 1 is 1.27 bits per heavy atom. The Morgan fingerprint density at radius 3 is 2.62 bits per heavy atom. The number of piperidine rings is 1. The monoisotopic (exact) mass is 370 g/mol. The summed E-state index contributed by atoms with van der Waals surface area (Å²) in [5, 5.41) is 0. The summed E-state index contributed by atoms with van der Waals surface area (Å²) in [7, 11) is 0. The third kappa shape index (κ3) is 4.99. The van der Waals surface area contributed by atoms with Crippen LogP contribution in [0.15, 0.2) is 24.3 Å². The molecule has 0 bridgehead atoms. The molecule has 0 aromatic heterocycles. The average Bonchev–Trinajstić information content (AvgIpc) is 2.61. The van der Waals surface area contributed by atoms with Crippen LogP contribution in [0.5, 0.6) is 0 Å². The summed E-state index contributed by atoms with van der Waals surface area (Å²) in [5.74, 6) is -0.433. The second-order valence-electron chi connectivity index (χ2n) is 6.61. The van der Waals surface area contributed by atoms with Gasteiger partial charge in [-0.2, -0.15) is 13.2 Å². The summed E-state index contributed by atoms with van der Waals surface area (Å²) in [6.07, 6.45) is -0.441. The molecule has 1 fully saturated rings. The highest BCUT2D eigenvalue weighted by molar-refractivity contribution is 5.92. The van der Waals surface area contributed by atoms with E-state index in [2.05, 4.69) is 0 Å². The molecule has 1 saturated heterocycles. The van der Waals surface area contributed by atoms with Crippen molar-refractivity contribution in [3.63, 3.8) is 0 Å². The van der Waals surface area contributed by atoms with Crippen molar-refractivity contribution in [1.82, 2.24) is 4.90 Å². The van der Waals surface area contributed by atoms with Gasteiger partial charge in [-0.1, -0.05) is 13.0 Å². The van der Waals surface area contributed by atoms with Crippen LogP contribution in [0.3, 0.4) is 0 Å². The predicted octanol–water partition coefficient (Wildman–Crippen LogP) is 4.24. The minimum absolute atomic E-state index is 0.0465. The van der Waals surface area contributed by atoms with Gasteiger partial charge in [-0.3, -0.25) is 9.59 Å². The van der Waals surface area contributed by atoms with Crippen LogP contribution in [0.4, 0.5) is 18.9 Å². The van der Waals surface area contributed by atoms with Gasteiger partial charge in [0, 0.05) is 38.2 Å². The number of anilines is 1. The van der Waals surface area contributed by atoms with E-state index in [4.69, 9.17) is 0 Å². The number of likely N-dealkylation sites (tertiary alicyclic amines) is 1. The van der Waals surface area contributed by atoms with Crippen molar-refractivity contribution in [2.24, 2.45) is 0 Å². The summed E-state index contributed by atoms with van der Waals surface area (Å²) in [6.45, 7) is 4.12. The van der Waals surface area contributed by atoms with E-state index >= 15 is 0 Å². The van der Waals surface area contributed by atoms with Crippen LogP contribution in [0.1, 0.15) is 51.5 Å². The molecule has 0 N–H and O–H groups in total. The maximum atomic E-state index is 12.9. The van der Waals surface area contributed by atoms with E-state index in [0.717, 1.165) is 37.8 Å². The molecule has 0 radical (unpaired) electrons. The molecule has 1 aromatic rings. The maximum Gasteiger partial charge on any atom is 0.416 e. The molecule has 2 rings (SSSR count). The van der Waals surface area contributed by atoms with Gasteiger partial charge < -0.3 is 9.80 Å². The van der Waals surface area contributed by atoms with Crippen molar-refractivity contribution in [3.8, 4) is 0 Å². The smallest absolute Gasteiger partial charge is 0.340 e. The van der Waals surface area contributed by atoms with Crippen molar-refractivity contribution in [2.75, 3.05) is 18.0 Å². The molecule has 26 heavy (non-hydrogen) atoms. The van der Waals surface area contributed by atoms with Crippen LogP contribution in [0, 0.1) is 0 Å². The fourth-order valence-electron chi connectivity index (χ4n) is 3.42. The molecule has 1 aliphatic heterocycles. The normalized spacial score (nSPS) is 17.9. The van der Waals surface area contributed by atoms with E-state index in [-0.39, 0.29) is 36.5 Å². The van der Waals surface area contributed by atoms with Crippen LogP contribution >= 0.6 is 0 Å². The topological polar surface area (TPSA) is 40.6 Å². The average molecular weight is 370 g/mol. The number of benzene rings is 1. The number of hydrogen-bond acceptors (Lipinski definition) is 2. The molecule has 4 nitrogen and oxygen atoms in total. The molecular weight excluding hydrogens is 345 g/mol. The molecule has 1 unspecified atom stereocenters. The highest BCUT2D eigenvalue weighted by Gasteiger charge is 2.31. The molecule has 1 atom stereocenters. The van der Waals surface area contributed by atoms with Crippen molar-refractivity contribution >= 4 is 17.5 Å². The zero-order chi connectivity index (χ0) is 19.3. The third-order valence-electron chi connectivity index (χ3n) is 4.83. The molecule has 0 aliphatic carbocycles. The van der Waals surface area contributed by atoms with E-state index in [1.54, 1.807) is 0 Å². The van der Waals surface area contributed by atoms with Gasteiger partial charge in [-0.25, -0.2) is 0 Å². The van der Waals surface area contributed by atoms with Gasteiger partial charge in [0.05, 0.1) is 5.56 Å². The Labute approximate surface area is 152 Å². The van der Waals surface area contributed by atoms with Gasteiger partial charge in [0.2, 0.25) is 11.8 Å². The number of rotatable bonds is 5. The maximum absolute atomic E-state index is 12.9. The Hall–Kier alpha value is -2.05. The van der Waals surface area contributed by atoms with E-state index in [9.17, 15) is 22.8 Å². The van der Waals surface area contributed by atoms with Crippen LogP contribution in [0.25, 0.3) is 0 Å². The Bertz CT molecular complexity index is 646. The lowest BCUT2D eigenvalue weighted by molar-refractivity contribution is -0.138. The number of carbonyl (C=O) groups excluding carboxylic acids is 2. The van der Waals surface area contributed by atoms with Gasteiger partial charge in [0.25, 0.3) is 0 Å². The minimum Gasteiger partial charge on any atom is -0.340 e. The molecule has 1 heterocycles. The first kappa shape index (κ1) is 20.3. The van der Waals surface area contributed by atoms with Crippen LogP contribution < -0.4 is 4.90 Å². The number of halogens is 3. The fraction of sp³-hybridized carbons (Fsp3) is 0.579. The lowest BCUT2D eigenvalue weighted by Crippen LogP contribution is -2.44. The van der Waals surface area contributed by atoms with Crippen LogP contribution in [-0.2, 0) is 15.8 Å². The van der Waals surface area contributed by atoms with E-state index in [1.165, 1.54) is 24.0 Å². The Balaban J connectivity index is 2.09. The van der Waals surface area contributed by atoms with Crippen molar-refractivity contribution in [1.29, 1.82) is 0 Å². The third-order valence-corrected chi connectivity index (χ3v) is 4.83. The summed E-state index contributed by atoms with van der Waals surface area (Å²) in [6, 6.07) is 4.86. The number of hydrogen-bond donors (Lipinski definition) is 0. The van der Waals surface area contributed by atoms with E-state index < -0.39 is 11.7 Å². The van der Waals surface area contributed by atoms with Crippen LogP contribution in [-0.4, -0.2) is 35.8 Å². The minimum atomic E-state index is -4.48. The molecule has 144 valence electrons. The standard InChI is InChI=1S/C19H25F3N2O2/c1-3-16-8-4-5-11-24(16)18(26)10-12-23(14(2)25)17-9-6-7-15(13-17)19(20,21)22/h6-7,9,13,16H,3-5,8,10-12H2,1-2H3. The van der Waals surface area contributed by atoms with Crippen molar-refractivity contribution in [2.45, 2.75) is 58.2 Å². The first-order valence-electron chi connectivity index (χ1n) is 8.99. The summed E-state index contributed by atoms with van der Waals surface area (Å²) in [5.41, 5.74) is -0.652. The quantitative estimate of drug-likeness (QED) is 0.778. The Kier molecular flexibility index (Phi) is 6.67. The number of nitrogens with zero attached hydrogens (tertiary/aromatic N) is 2. The Morgan fingerprint density at radius 2 is 2.00 bits per heavy atom. The SMILES string of the molecule is CCC1CCCCN1C(=O)CCN(C(C)=O)c1cccc(C(F)(F)F)c1. The second kappa shape index (κ2) is 8.56. The molecule has 7 heteroatoms. The number of amides is 2. The van der Waals surface area contributed by atoms with Gasteiger partial charge in [0.15, 0.2) is 0 Å². The van der Waals surface area contributed by atoms with Crippen molar-refractivity contribution in [3.05, 3.63) is 29.8 Å². The van der Waals surface area contributed by atoms with E-state index in [1.807, 2.05) is 11.8 Å². The molecular formula is C19H25F3N2O2. The van der Waals surface area contributed by atoms with E-state index in [0.29, 0.717) is 6.54 Å². The molecule has 0 spiro atoms. The van der Waals surface area contributed by atoms with Crippen LogP contribution in [0.2, 0.25) is 0 Å². The molecule has 2 amide bonds. The lowest BCUT2D eigenvalue weighted by atomic mass is 9.99. The molecule has 1 aromatic carbocycles. The first-order chi connectivity index (χ1) is 12.2. The highest BCUT2D eigenvalue weighted by atomic mass is 19.4. The predicted molar refractivity (Wildman–Crippen MR) is 93.7 cm³/mol. The summed E-state index contributed by atoms with van der Waals surface area (Å²) < 4.78 is 38.7. The van der Waals surface area contributed by atoms with Gasteiger partial charge >= 0.3 is 6.18 Å². The van der Waals surface area contributed by atoms with Gasteiger partial charge in [0.1, 0.15) is 0 Å². The highest BCUT2D eigenvalue weighted by Crippen LogP contribution is 2.31. The number of alkyl halides is 3. The summed E-state index contributed by atoms with van der Waals surface area (Å²) in [4.78, 5) is 27.6. The zero-order valence-electron chi connectivity index (χ0n) is 15.2. The first-order valence-corrected chi connectivity index (χ1v) is 8.99. The van der Waals surface area contributed by atoms with Gasteiger partial charge in [-0.15, -0.1) is 0 Å². The lowest BCUT2D eigenvalue weighted by Gasteiger charge is -2.36. The largest absolute Gasteiger partial charge is 0.416 e. The molecule has 1 aliphatic rings. The number of carbonyl (C=O) groups is 2. The summed E-state index contributed by atoms with van der Waals surface area (Å²) >= 11 is 0. The van der Waals surface area contributed by atoms with Gasteiger partial charge in [-0.05, 0) is 43.9 Å². The zero-order valence-corrected chi connectivity index (χ0v) is 15.2. The fourth-order valence-corrected chi connectivity index (χ4v) is 3.42.